The van der Waals surface area contributed by atoms with Crippen molar-refractivity contribution in [3.05, 3.63) is 35.1 Å². The molecule has 1 aromatic rings. The highest BCUT2D eigenvalue weighted by molar-refractivity contribution is 5.97. The van der Waals surface area contributed by atoms with E-state index in [-0.39, 0.29) is 6.61 Å². The van der Waals surface area contributed by atoms with E-state index in [9.17, 15) is 27.2 Å². The first-order valence-electron chi connectivity index (χ1n) is 12.5. The molecule has 1 N–H and O–H groups in total. The van der Waals surface area contributed by atoms with Crippen molar-refractivity contribution in [3.63, 3.8) is 0 Å². The van der Waals surface area contributed by atoms with Gasteiger partial charge in [-0.15, -0.1) is 0 Å². The van der Waals surface area contributed by atoms with Crippen molar-refractivity contribution in [2.45, 2.75) is 110 Å². The molecule has 0 aliphatic rings. The lowest BCUT2D eigenvalue weighted by molar-refractivity contribution is -0.145. The van der Waals surface area contributed by atoms with Crippen molar-refractivity contribution in [1.29, 1.82) is 0 Å². The van der Waals surface area contributed by atoms with Gasteiger partial charge < -0.3 is 10.1 Å². The van der Waals surface area contributed by atoms with Gasteiger partial charge in [-0.2, -0.15) is 13.2 Å². The van der Waals surface area contributed by atoms with Gasteiger partial charge in [-0.3, -0.25) is 4.79 Å². The zero-order valence-electron chi connectivity index (χ0n) is 20.4. The molecule has 34 heavy (non-hydrogen) atoms. The van der Waals surface area contributed by atoms with E-state index >= 15 is 0 Å². The predicted octanol–water partition coefficient (Wildman–Crippen LogP) is 7.60. The van der Waals surface area contributed by atoms with E-state index < -0.39 is 41.0 Å². The lowest BCUT2D eigenvalue weighted by atomic mass is 10.0. The summed E-state index contributed by atoms with van der Waals surface area (Å²) >= 11 is 0. The highest BCUT2D eigenvalue weighted by Crippen LogP contribution is 2.32. The van der Waals surface area contributed by atoms with Crippen molar-refractivity contribution < 1.29 is 31.9 Å². The maximum absolute atomic E-state index is 14.1. The Hall–Kier alpha value is -2.12. The van der Waals surface area contributed by atoms with Crippen molar-refractivity contribution in [2.24, 2.45) is 0 Å². The number of benzene rings is 1. The molecule has 1 atom stereocenters. The third-order valence-electron chi connectivity index (χ3n) is 5.74. The van der Waals surface area contributed by atoms with Crippen LogP contribution in [0, 0.1) is 5.82 Å². The lowest BCUT2D eigenvalue weighted by Crippen LogP contribution is -2.40. The minimum Gasteiger partial charge on any atom is -0.464 e. The highest BCUT2D eigenvalue weighted by Gasteiger charge is 2.36. The number of halogens is 4. The normalized spacial score (nSPS) is 12.4. The van der Waals surface area contributed by atoms with Crippen LogP contribution < -0.4 is 5.32 Å². The van der Waals surface area contributed by atoms with Crippen LogP contribution in [-0.2, 0) is 15.7 Å². The standard InChI is InChI=1S/C26H39F4NO3/c1-3-4-5-6-7-8-9-10-11-12-13-14-15-19-34-25(33)20(2)31-24(32)21-17-16-18-22(23(21)27)26(28,29)30/h16-18,20H,3-15,19H2,1-2H3,(H,31,32). The van der Waals surface area contributed by atoms with E-state index in [0.717, 1.165) is 31.4 Å². The largest absolute Gasteiger partial charge is 0.464 e. The summed E-state index contributed by atoms with van der Waals surface area (Å²) in [6, 6.07) is 1.33. The molecule has 0 saturated heterocycles. The van der Waals surface area contributed by atoms with Crippen molar-refractivity contribution >= 4 is 11.9 Å². The smallest absolute Gasteiger partial charge is 0.419 e. The van der Waals surface area contributed by atoms with Gasteiger partial charge in [0.1, 0.15) is 11.9 Å². The maximum Gasteiger partial charge on any atom is 0.419 e. The van der Waals surface area contributed by atoms with Gasteiger partial charge in [0.2, 0.25) is 0 Å². The number of carbonyl (C=O) groups is 2. The maximum atomic E-state index is 14.1. The molecule has 0 aliphatic heterocycles. The molecule has 0 fully saturated rings. The van der Waals surface area contributed by atoms with Crippen LogP contribution in [0.3, 0.4) is 0 Å². The third-order valence-corrected chi connectivity index (χ3v) is 5.74. The van der Waals surface area contributed by atoms with Crippen LogP contribution in [0.25, 0.3) is 0 Å². The van der Waals surface area contributed by atoms with Gasteiger partial charge in [0.05, 0.1) is 17.7 Å². The number of nitrogens with one attached hydrogen (secondary N) is 1. The van der Waals surface area contributed by atoms with Gasteiger partial charge in [-0.05, 0) is 25.5 Å². The first kappa shape index (κ1) is 29.9. The van der Waals surface area contributed by atoms with Gasteiger partial charge in [0.25, 0.3) is 5.91 Å². The van der Waals surface area contributed by atoms with Crippen LogP contribution in [0.2, 0.25) is 0 Å². The van der Waals surface area contributed by atoms with Gasteiger partial charge in [0.15, 0.2) is 0 Å². The first-order chi connectivity index (χ1) is 16.2. The van der Waals surface area contributed by atoms with Crippen molar-refractivity contribution in [1.82, 2.24) is 5.32 Å². The van der Waals surface area contributed by atoms with E-state index in [2.05, 4.69) is 12.2 Å². The van der Waals surface area contributed by atoms with E-state index in [1.165, 1.54) is 64.7 Å². The number of esters is 1. The van der Waals surface area contributed by atoms with Crippen molar-refractivity contribution in [3.8, 4) is 0 Å². The molecule has 4 nitrogen and oxygen atoms in total. The summed E-state index contributed by atoms with van der Waals surface area (Å²) in [5.41, 5.74) is -2.30. The van der Waals surface area contributed by atoms with Gasteiger partial charge in [0, 0.05) is 0 Å². The summed E-state index contributed by atoms with van der Waals surface area (Å²) < 4.78 is 57.6. The van der Waals surface area contributed by atoms with Crippen LogP contribution in [0.15, 0.2) is 18.2 Å². The summed E-state index contributed by atoms with van der Waals surface area (Å²) in [7, 11) is 0. The number of amides is 1. The lowest BCUT2D eigenvalue weighted by Gasteiger charge is -2.15. The van der Waals surface area contributed by atoms with E-state index in [1.807, 2.05) is 0 Å². The molecule has 0 heterocycles. The minimum atomic E-state index is -4.92. The average molecular weight is 490 g/mol. The number of rotatable bonds is 17. The molecule has 0 bridgehead atoms. The number of unbranched alkanes of at least 4 members (excludes halogenated alkanes) is 12. The zero-order valence-corrected chi connectivity index (χ0v) is 20.4. The number of hydrogen-bond acceptors (Lipinski definition) is 3. The van der Waals surface area contributed by atoms with Gasteiger partial charge in [-0.25, -0.2) is 9.18 Å². The third kappa shape index (κ3) is 11.8. The molecule has 0 spiro atoms. The molecule has 1 unspecified atom stereocenters. The Labute approximate surface area is 200 Å². The van der Waals surface area contributed by atoms with Crippen LogP contribution in [0.1, 0.15) is 113 Å². The second-order valence-corrected chi connectivity index (χ2v) is 8.77. The van der Waals surface area contributed by atoms with E-state index in [0.29, 0.717) is 12.5 Å². The molecule has 0 aromatic heterocycles. The molecule has 8 heteroatoms. The summed E-state index contributed by atoms with van der Waals surface area (Å²) in [4.78, 5) is 24.2. The summed E-state index contributed by atoms with van der Waals surface area (Å²) in [5.74, 6) is -3.48. The fourth-order valence-electron chi connectivity index (χ4n) is 3.68. The number of ether oxygens (including phenoxy) is 1. The fourth-order valence-corrected chi connectivity index (χ4v) is 3.68. The van der Waals surface area contributed by atoms with Crippen LogP contribution in [0.5, 0.6) is 0 Å². The van der Waals surface area contributed by atoms with Gasteiger partial charge >= 0.3 is 12.1 Å². The summed E-state index contributed by atoms with van der Waals surface area (Å²) in [5, 5.41) is 2.19. The van der Waals surface area contributed by atoms with Crippen LogP contribution >= 0.6 is 0 Å². The Morgan fingerprint density at radius 2 is 1.38 bits per heavy atom. The topological polar surface area (TPSA) is 55.4 Å². The Bertz CT molecular complexity index is 737. The second kappa shape index (κ2) is 16.5. The molecule has 1 rings (SSSR count). The molecule has 1 amide bonds. The molecule has 0 aliphatic carbocycles. The number of carbonyl (C=O) groups excluding carboxylic acids is 2. The highest BCUT2D eigenvalue weighted by atomic mass is 19.4. The Morgan fingerprint density at radius 3 is 1.88 bits per heavy atom. The molecule has 194 valence electrons. The Balaban J connectivity index is 2.16. The Morgan fingerprint density at radius 1 is 0.882 bits per heavy atom. The second-order valence-electron chi connectivity index (χ2n) is 8.77. The monoisotopic (exact) mass is 489 g/mol. The Kier molecular flexibility index (Phi) is 14.5. The first-order valence-corrected chi connectivity index (χ1v) is 12.5. The number of hydrogen-bond donors (Lipinski definition) is 1. The quantitative estimate of drug-likeness (QED) is 0.139. The van der Waals surface area contributed by atoms with Crippen LogP contribution in [-0.4, -0.2) is 24.5 Å². The average Bonchev–Trinajstić information content (AvgIpc) is 2.78. The van der Waals surface area contributed by atoms with Crippen molar-refractivity contribution in [2.75, 3.05) is 6.61 Å². The SMILES string of the molecule is CCCCCCCCCCCCCCCOC(=O)C(C)NC(=O)c1cccc(C(F)(F)F)c1F. The minimum absolute atomic E-state index is 0.203. The molecule has 1 aromatic carbocycles. The molecular weight excluding hydrogens is 450 g/mol. The zero-order chi connectivity index (χ0) is 25.4. The summed E-state index contributed by atoms with van der Waals surface area (Å²) in [6.45, 7) is 3.77. The predicted molar refractivity (Wildman–Crippen MR) is 125 cm³/mol. The van der Waals surface area contributed by atoms with Gasteiger partial charge in [-0.1, -0.05) is 90.0 Å². The van der Waals surface area contributed by atoms with E-state index in [4.69, 9.17) is 4.74 Å². The van der Waals surface area contributed by atoms with Crippen LogP contribution in [0.4, 0.5) is 17.6 Å². The van der Waals surface area contributed by atoms with E-state index in [1.54, 1.807) is 0 Å². The number of alkyl halides is 3. The fraction of sp³-hybridized carbons (Fsp3) is 0.692. The molecule has 0 radical (unpaired) electrons. The molecule has 0 saturated carbocycles. The molecular formula is C26H39F4NO3. The summed E-state index contributed by atoms with van der Waals surface area (Å²) in [6.07, 6.45) is 10.6.